The van der Waals surface area contributed by atoms with Crippen molar-refractivity contribution in [2.75, 3.05) is 36.0 Å². The van der Waals surface area contributed by atoms with Crippen LogP contribution in [0, 0.1) is 6.92 Å². The predicted octanol–water partition coefficient (Wildman–Crippen LogP) is 3.77. The van der Waals surface area contributed by atoms with E-state index in [1.807, 2.05) is 25.1 Å². The molecular formula is C21H28N4O2. The second-order valence-corrected chi connectivity index (χ2v) is 5.72. The number of rotatable bonds is 10. The Bertz CT molecular complexity index is 712. The smallest absolute Gasteiger partial charge is 0.322 e. The van der Waals surface area contributed by atoms with E-state index in [1.165, 1.54) is 0 Å². The lowest BCUT2D eigenvalue weighted by atomic mass is 10.1. The standard InChI is InChI=1S/C21H28N4O2/c1-6-12-22-20(26)24(14-8-3)18-11-10-17(5)19(16-18)25(15-9-4)21(27)23-13-7-2/h6-11,16H,1-4,12-15H2,5H3,(H,22,26)(H,23,27). The van der Waals surface area contributed by atoms with Crippen LogP contribution >= 0.6 is 0 Å². The minimum absolute atomic E-state index is 0.263. The number of urea groups is 2. The summed E-state index contributed by atoms with van der Waals surface area (Å²) in [6.07, 6.45) is 6.52. The second-order valence-electron chi connectivity index (χ2n) is 5.72. The lowest BCUT2D eigenvalue weighted by Gasteiger charge is -2.27. The van der Waals surface area contributed by atoms with Crippen LogP contribution in [0.4, 0.5) is 21.0 Å². The van der Waals surface area contributed by atoms with Crippen molar-refractivity contribution in [1.29, 1.82) is 0 Å². The molecule has 0 radical (unpaired) electrons. The van der Waals surface area contributed by atoms with Gasteiger partial charge in [-0.3, -0.25) is 9.80 Å². The maximum absolute atomic E-state index is 12.5. The van der Waals surface area contributed by atoms with E-state index in [2.05, 4.69) is 36.9 Å². The molecule has 0 aliphatic carbocycles. The van der Waals surface area contributed by atoms with Crippen molar-refractivity contribution in [2.45, 2.75) is 6.92 Å². The number of anilines is 2. The van der Waals surface area contributed by atoms with E-state index in [0.29, 0.717) is 37.6 Å². The molecule has 4 amide bonds. The van der Waals surface area contributed by atoms with E-state index < -0.39 is 0 Å². The molecule has 6 heteroatoms. The highest BCUT2D eigenvalue weighted by Gasteiger charge is 2.19. The van der Waals surface area contributed by atoms with Crippen molar-refractivity contribution in [3.8, 4) is 0 Å². The average Bonchev–Trinajstić information content (AvgIpc) is 2.67. The van der Waals surface area contributed by atoms with Crippen molar-refractivity contribution in [3.63, 3.8) is 0 Å². The molecule has 0 bridgehead atoms. The molecule has 27 heavy (non-hydrogen) atoms. The summed E-state index contributed by atoms with van der Waals surface area (Å²) in [5, 5.41) is 5.52. The van der Waals surface area contributed by atoms with Crippen molar-refractivity contribution >= 4 is 23.4 Å². The molecule has 0 heterocycles. The largest absolute Gasteiger partial charge is 0.334 e. The molecule has 1 aromatic rings. The molecule has 0 saturated carbocycles. The Morgan fingerprint density at radius 3 is 1.93 bits per heavy atom. The normalized spacial score (nSPS) is 9.67. The highest BCUT2D eigenvalue weighted by atomic mass is 16.2. The van der Waals surface area contributed by atoms with Crippen molar-refractivity contribution < 1.29 is 9.59 Å². The van der Waals surface area contributed by atoms with Gasteiger partial charge in [-0.25, -0.2) is 9.59 Å². The lowest BCUT2D eigenvalue weighted by Crippen LogP contribution is -2.42. The summed E-state index contributed by atoms with van der Waals surface area (Å²) in [5.74, 6) is 0. The van der Waals surface area contributed by atoms with Crippen LogP contribution < -0.4 is 20.4 Å². The predicted molar refractivity (Wildman–Crippen MR) is 113 cm³/mol. The van der Waals surface area contributed by atoms with Crippen LogP contribution in [0.25, 0.3) is 0 Å². The van der Waals surface area contributed by atoms with Gasteiger partial charge < -0.3 is 10.6 Å². The second kappa shape index (κ2) is 11.4. The summed E-state index contributed by atoms with van der Waals surface area (Å²) in [6.45, 7) is 17.9. The number of carbonyl (C=O) groups is 2. The molecule has 2 N–H and O–H groups in total. The van der Waals surface area contributed by atoms with E-state index in [0.717, 1.165) is 5.56 Å². The molecule has 0 spiro atoms. The molecule has 0 fully saturated rings. The summed E-state index contributed by atoms with van der Waals surface area (Å²) < 4.78 is 0. The zero-order valence-corrected chi connectivity index (χ0v) is 15.9. The number of amides is 4. The summed E-state index contributed by atoms with van der Waals surface area (Å²) in [6, 6.07) is 4.99. The Balaban J connectivity index is 3.27. The number of hydrogen-bond acceptors (Lipinski definition) is 2. The Hall–Kier alpha value is -3.28. The first-order chi connectivity index (χ1) is 13.0. The summed E-state index contributed by atoms with van der Waals surface area (Å²) in [4.78, 5) is 28.1. The number of nitrogens with zero attached hydrogens (tertiary/aromatic N) is 2. The third-order valence-corrected chi connectivity index (χ3v) is 3.70. The van der Waals surface area contributed by atoms with Gasteiger partial charge in [-0.15, -0.1) is 26.3 Å². The van der Waals surface area contributed by atoms with Crippen molar-refractivity contribution in [2.24, 2.45) is 0 Å². The van der Waals surface area contributed by atoms with Gasteiger partial charge in [0.05, 0.1) is 5.69 Å². The Morgan fingerprint density at radius 1 is 0.889 bits per heavy atom. The zero-order valence-electron chi connectivity index (χ0n) is 15.9. The molecule has 0 aliphatic heterocycles. The Kier molecular flexibility index (Phi) is 9.15. The molecule has 0 aromatic heterocycles. The van der Waals surface area contributed by atoms with Gasteiger partial charge in [0.2, 0.25) is 0 Å². The van der Waals surface area contributed by atoms with Crippen molar-refractivity contribution in [1.82, 2.24) is 10.6 Å². The maximum atomic E-state index is 12.5. The first-order valence-corrected chi connectivity index (χ1v) is 8.65. The van der Waals surface area contributed by atoms with Crippen LogP contribution in [0.2, 0.25) is 0 Å². The van der Waals surface area contributed by atoms with Crippen molar-refractivity contribution in [3.05, 3.63) is 74.4 Å². The van der Waals surface area contributed by atoms with Gasteiger partial charge >= 0.3 is 12.1 Å². The minimum Gasteiger partial charge on any atom is -0.334 e. The average molecular weight is 368 g/mol. The van der Waals surface area contributed by atoms with Gasteiger partial charge in [0.15, 0.2) is 0 Å². The highest BCUT2D eigenvalue weighted by Crippen LogP contribution is 2.27. The van der Waals surface area contributed by atoms with Gasteiger partial charge in [-0.1, -0.05) is 30.4 Å². The molecule has 1 rings (SSSR count). The van der Waals surface area contributed by atoms with Crippen LogP contribution in [0.5, 0.6) is 0 Å². The van der Waals surface area contributed by atoms with E-state index in [9.17, 15) is 9.59 Å². The number of nitrogens with one attached hydrogen (secondary N) is 2. The lowest BCUT2D eigenvalue weighted by molar-refractivity contribution is 0.247. The number of hydrogen-bond donors (Lipinski definition) is 2. The van der Waals surface area contributed by atoms with E-state index in [1.54, 1.807) is 34.1 Å². The molecule has 1 aromatic carbocycles. The van der Waals surface area contributed by atoms with Crippen LogP contribution in [0.3, 0.4) is 0 Å². The molecule has 0 saturated heterocycles. The third-order valence-electron chi connectivity index (χ3n) is 3.70. The van der Waals surface area contributed by atoms with Gasteiger partial charge in [0, 0.05) is 31.9 Å². The molecule has 144 valence electrons. The quantitative estimate of drug-likeness (QED) is 0.618. The fourth-order valence-electron chi connectivity index (χ4n) is 2.42. The van der Waals surface area contributed by atoms with Gasteiger partial charge in [0.1, 0.15) is 0 Å². The fraction of sp³-hybridized carbons (Fsp3) is 0.238. The van der Waals surface area contributed by atoms with E-state index >= 15 is 0 Å². The third kappa shape index (κ3) is 6.18. The Labute approximate surface area is 161 Å². The Morgan fingerprint density at radius 2 is 1.41 bits per heavy atom. The van der Waals surface area contributed by atoms with Crippen LogP contribution in [-0.4, -0.2) is 38.2 Å². The summed E-state index contributed by atoms with van der Waals surface area (Å²) in [7, 11) is 0. The summed E-state index contributed by atoms with van der Waals surface area (Å²) in [5.41, 5.74) is 2.25. The first-order valence-electron chi connectivity index (χ1n) is 8.65. The fourth-order valence-corrected chi connectivity index (χ4v) is 2.42. The maximum Gasteiger partial charge on any atom is 0.322 e. The molecular weight excluding hydrogens is 340 g/mol. The number of benzene rings is 1. The SMILES string of the molecule is C=CCNC(=O)N(CC=C)c1ccc(C)c(N(CC=C)C(=O)NCC=C)c1. The van der Waals surface area contributed by atoms with Gasteiger partial charge in [-0.2, -0.15) is 0 Å². The molecule has 6 nitrogen and oxygen atoms in total. The molecule has 0 unspecified atom stereocenters. The highest BCUT2D eigenvalue weighted by molar-refractivity contribution is 5.96. The molecule has 0 aliphatic rings. The van der Waals surface area contributed by atoms with Gasteiger partial charge in [-0.05, 0) is 24.6 Å². The van der Waals surface area contributed by atoms with Crippen LogP contribution in [0.15, 0.2) is 68.8 Å². The minimum atomic E-state index is -0.268. The zero-order chi connectivity index (χ0) is 20.2. The van der Waals surface area contributed by atoms with E-state index in [4.69, 9.17) is 0 Å². The first kappa shape index (κ1) is 21.8. The number of aryl methyl sites for hydroxylation is 1. The van der Waals surface area contributed by atoms with Crippen LogP contribution in [0.1, 0.15) is 5.56 Å². The molecule has 0 atom stereocenters. The topological polar surface area (TPSA) is 64.7 Å². The monoisotopic (exact) mass is 368 g/mol. The number of carbonyl (C=O) groups excluding carboxylic acids is 2. The van der Waals surface area contributed by atoms with E-state index in [-0.39, 0.29) is 12.1 Å². The van der Waals surface area contributed by atoms with Gasteiger partial charge in [0.25, 0.3) is 0 Å². The summed E-state index contributed by atoms with van der Waals surface area (Å²) >= 11 is 0. The van der Waals surface area contributed by atoms with Crippen LogP contribution in [-0.2, 0) is 0 Å².